The Morgan fingerprint density at radius 2 is 1.71 bits per heavy atom. The highest BCUT2D eigenvalue weighted by atomic mass is 79.9. The van der Waals surface area contributed by atoms with Crippen molar-refractivity contribution in [1.29, 1.82) is 0 Å². The molecule has 21 heavy (non-hydrogen) atoms. The Morgan fingerprint density at radius 3 is 2.33 bits per heavy atom. The van der Waals surface area contributed by atoms with Crippen LogP contribution in [0, 0.1) is 11.6 Å². The number of benzene rings is 2. The van der Waals surface area contributed by atoms with Crippen molar-refractivity contribution in [1.82, 2.24) is 0 Å². The third kappa shape index (κ3) is 4.07. The summed E-state index contributed by atoms with van der Waals surface area (Å²) in [6, 6.07) is 9.59. The predicted molar refractivity (Wildman–Crippen MR) is 81.0 cm³/mol. The molecule has 0 saturated carbocycles. The molecular formula is C15H14BrF2NO2. The quantitative estimate of drug-likeness (QED) is 0.784. The molecular weight excluding hydrogens is 344 g/mol. The van der Waals surface area contributed by atoms with Crippen LogP contribution in [0.25, 0.3) is 0 Å². The molecule has 0 spiro atoms. The molecule has 0 bridgehead atoms. The zero-order chi connectivity index (χ0) is 15.2. The Morgan fingerprint density at radius 1 is 1.10 bits per heavy atom. The molecule has 2 aromatic carbocycles. The van der Waals surface area contributed by atoms with Crippen LogP contribution >= 0.6 is 15.9 Å². The van der Waals surface area contributed by atoms with E-state index in [-0.39, 0.29) is 18.8 Å². The van der Waals surface area contributed by atoms with Gasteiger partial charge in [-0.05, 0) is 24.3 Å². The highest BCUT2D eigenvalue weighted by molar-refractivity contribution is 9.10. The van der Waals surface area contributed by atoms with E-state index in [0.717, 1.165) is 0 Å². The number of ether oxygens (including phenoxy) is 2. The largest absolute Gasteiger partial charge is 0.493 e. The van der Waals surface area contributed by atoms with Crippen molar-refractivity contribution in [3.63, 3.8) is 0 Å². The Kier molecular flexibility index (Phi) is 5.38. The minimum Gasteiger partial charge on any atom is -0.493 e. The van der Waals surface area contributed by atoms with E-state index in [1.54, 1.807) is 19.2 Å². The summed E-state index contributed by atoms with van der Waals surface area (Å²) in [4.78, 5) is 0. The van der Waals surface area contributed by atoms with Crippen LogP contribution in [0.3, 0.4) is 0 Å². The summed E-state index contributed by atoms with van der Waals surface area (Å²) in [6.45, 7) is 0.503. The third-order valence-corrected chi connectivity index (χ3v) is 3.20. The van der Waals surface area contributed by atoms with Gasteiger partial charge in [0, 0.05) is 11.0 Å². The summed E-state index contributed by atoms with van der Waals surface area (Å²) < 4.78 is 38.2. The molecule has 0 saturated heterocycles. The molecule has 0 aliphatic heterocycles. The summed E-state index contributed by atoms with van der Waals surface area (Å²) in [6.07, 6.45) is 0. The first-order valence-electron chi connectivity index (χ1n) is 6.26. The SMILES string of the molecule is COc1ccccc1OCCNc1c(F)cc(Br)cc1F. The Hall–Kier alpha value is -1.82. The molecule has 2 aromatic rings. The molecule has 0 atom stereocenters. The van der Waals surface area contributed by atoms with Gasteiger partial charge in [-0.15, -0.1) is 0 Å². The Labute approximate surface area is 130 Å². The Balaban J connectivity index is 1.91. The van der Waals surface area contributed by atoms with E-state index in [9.17, 15) is 8.78 Å². The summed E-state index contributed by atoms with van der Waals surface area (Å²) in [7, 11) is 1.55. The average molecular weight is 358 g/mol. The molecule has 0 aliphatic rings. The van der Waals surface area contributed by atoms with Crippen LogP contribution in [0.1, 0.15) is 0 Å². The summed E-state index contributed by atoms with van der Waals surface area (Å²) in [5.41, 5.74) is -0.165. The molecule has 3 nitrogen and oxygen atoms in total. The molecule has 0 radical (unpaired) electrons. The second-order valence-electron chi connectivity index (χ2n) is 4.17. The van der Waals surface area contributed by atoms with Gasteiger partial charge in [-0.25, -0.2) is 8.78 Å². The van der Waals surface area contributed by atoms with Crippen LogP contribution in [0.15, 0.2) is 40.9 Å². The number of halogens is 3. The predicted octanol–water partition coefficient (Wildman–Crippen LogP) is 4.23. The number of anilines is 1. The van der Waals surface area contributed by atoms with Crippen LogP contribution in [0.5, 0.6) is 11.5 Å². The molecule has 112 valence electrons. The topological polar surface area (TPSA) is 30.5 Å². The lowest BCUT2D eigenvalue weighted by molar-refractivity contribution is 0.305. The first-order chi connectivity index (χ1) is 10.1. The molecule has 0 aromatic heterocycles. The highest BCUT2D eigenvalue weighted by Gasteiger charge is 2.10. The van der Waals surface area contributed by atoms with Gasteiger partial charge in [0.05, 0.1) is 7.11 Å². The molecule has 0 heterocycles. The normalized spacial score (nSPS) is 10.3. The van der Waals surface area contributed by atoms with Gasteiger partial charge in [-0.2, -0.15) is 0 Å². The van der Waals surface area contributed by atoms with Gasteiger partial charge in [0.1, 0.15) is 23.9 Å². The number of rotatable bonds is 6. The van der Waals surface area contributed by atoms with Gasteiger partial charge in [-0.3, -0.25) is 0 Å². The second kappa shape index (κ2) is 7.26. The van der Waals surface area contributed by atoms with Crippen molar-refractivity contribution in [2.24, 2.45) is 0 Å². The van der Waals surface area contributed by atoms with Crippen LogP contribution < -0.4 is 14.8 Å². The fourth-order valence-corrected chi connectivity index (χ4v) is 2.19. The van der Waals surface area contributed by atoms with Crippen molar-refractivity contribution in [2.45, 2.75) is 0 Å². The fraction of sp³-hybridized carbons (Fsp3) is 0.200. The van der Waals surface area contributed by atoms with E-state index >= 15 is 0 Å². The lowest BCUT2D eigenvalue weighted by atomic mass is 10.3. The number of para-hydroxylation sites is 2. The van der Waals surface area contributed by atoms with Crippen LogP contribution in [-0.2, 0) is 0 Å². The van der Waals surface area contributed by atoms with Crippen molar-refractivity contribution in [3.8, 4) is 11.5 Å². The molecule has 6 heteroatoms. The molecule has 0 fully saturated rings. The lowest BCUT2D eigenvalue weighted by Crippen LogP contribution is -2.13. The number of methoxy groups -OCH3 is 1. The van der Waals surface area contributed by atoms with Crippen molar-refractivity contribution < 1.29 is 18.3 Å². The smallest absolute Gasteiger partial charge is 0.161 e. The van der Waals surface area contributed by atoms with Crippen molar-refractivity contribution >= 4 is 21.6 Å². The zero-order valence-electron chi connectivity index (χ0n) is 11.3. The molecule has 1 N–H and O–H groups in total. The first-order valence-corrected chi connectivity index (χ1v) is 7.05. The minimum atomic E-state index is -0.654. The third-order valence-electron chi connectivity index (χ3n) is 2.74. The molecule has 0 amide bonds. The summed E-state index contributed by atoms with van der Waals surface area (Å²) >= 11 is 3.03. The zero-order valence-corrected chi connectivity index (χ0v) is 12.9. The highest BCUT2D eigenvalue weighted by Crippen LogP contribution is 2.26. The van der Waals surface area contributed by atoms with Crippen molar-refractivity contribution in [3.05, 3.63) is 52.5 Å². The maximum Gasteiger partial charge on any atom is 0.161 e. The van der Waals surface area contributed by atoms with Gasteiger partial charge in [-0.1, -0.05) is 28.1 Å². The first kappa shape index (κ1) is 15.6. The van der Waals surface area contributed by atoms with Gasteiger partial charge in [0.25, 0.3) is 0 Å². The number of nitrogens with one attached hydrogen (secondary N) is 1. The van der Waals surface area contributed by atoms with Gasteiger partial charge in [0.15, 0.2) is 11.5 Å². The van der Waals surface area contributed by atoms with E-state index in [2.05, 4.69) is 21.2 Å². The molecule has 2 rings (SSSR count). The lowest BCUT2D eigenvalue weighted by Gasteiger charge is -2.12. The summed E-state index contributed by atoms with van der Waals surface area (Å²) in [5.74, 6) is -0.115. The molecule has 0 unspecified atom stereocenters. The van der Waals surface area contributed by atoms with Crippen LogP contribution in [0.2, 0.25) is 0 Å². The van der Waals surface area contributed by atoms with Crippen LogP contribution in [0.4, 0.5) is 14.5 Å². The van der Waals surface area contributed by atoms with Gasteiger partial charge >= 0.3 is 0 Å². The monoisotopic (exact) mass is 357 g/mol. The molecule has 0 aliphatic carbocycles. The van der Waals surface area contributed by atoms with Crippen molar-refractivity contribution in [2.75, 3.05) is 25.6 Å². The fourth-order valence-electron chi connectivity index (χ4n) is 1.79. The standard InChI is InChI=1S/C15H14BrF2NO2/c1-20-13-4-2-3-5-14(13)21-7-6-19-15-11(17)8-10(16)9-12(15)18/h2-5,8-9,19H,6-7H2,1H3. The van der Waals surface area contributed by atoms with Gasteiger partial charge < -0.3 is 14.8 Å². The van der Waals surface area contributed by atoms with Crippen LogP contribution in [-0.4, -0.2) is 20.3 Å². The summed E-state index contributed by atoms with van der Waals surface area (Å²) in [5, 5.41) is 2.68. The second-order valence-corrected chi connectivity index (χ2v) is 5.09. The van der Waals surface area contributed by atoms with E-state index in [1.807, 2.05) is 12.1 Å². The average Bonchev–Trinajstić information content (AvgIpc) is 2.45. The number of hydrogen-bond acceptors (Lipinski definition) is 3. The number of hydrogen-bond donors (Lipinski definition) is 1. The maximum atomic E-state index is 13.6. The van der Waals surface area contributed by atoms with E-state index in [0.29, 0.717) is 16.0 Å². The Bertz CT molecular complexity index is 599. The van der Waals surface area contributed by atoms with E-state index in [4.69, 9.17) is 9.47 Å². The van der Waals surface area contributed by atoms with E-state index < -0.39 is 11.6 Å². The maximum absolute atomic E-state index is 13.6. The van der Waals surface area contributed by atoms with Gasteiger partial charge in [0.2, 0.25) is 0 Å². The van der Waals surface area contributed by atoms with E-state index in [1.165, 1.54) is 12.1 Å². The minimum absolute atomic E-state index is 0.165.